The van der Waals surface area contributed by atoms with E-state index < -0.39 is 17.4 Å². The SMILES string of the molecule is C=CCN1C(=O)[C@](O)([C@H](C)/C=C/CCO)c2cc(NC(=O)c3ccc(N)cc3)ccc21. The Morgan fingerprint density at radius 2 is 2.00 bits per heavy atom. The molecule has 2 amide bonds. The van der Waals surface area contributed by atoms with Gasteiger partial charge in [-0.05, 0) is 48.9 Å². The molecule has 7 heteroatoms. The van der Waals surface area contributed by atoms with E-state index in [9.17, 15) is 14.7 Å². The van der Waals surface area contributed by atoms with Crippen molar-refractivity contribution < 1.29 is 19.8 Å². The predicted octanol–water partition coefficient (Wildman–Crippen LogP) is 2.82. The standard InChI is InChI=1S/C24H27N3O4/c1-3-13-27-21-12-11-19(26-22(29)17-7-9-18(25)10-8-17)15-20(21)24(31,23(27)30)16(2)6-4-5-14-28/h3-4,6-12,15-16,28,31H,1,5,13-14,25H2,2H3,(H,26,29)/b6-4+/t16-,24+/m1/s1. The van der Waals surface area contributed by atoms with Gasteiger partial charge in [-0.25, -0.2) is 0 Å². The number of aliphatic hydroxyl groups excluding tert-OH is 1. The molecule has 0 saturated carbocycles. The van der Waals surface area contributed by atoms with Gasteiger partial charge in [0.15, 0.2) is 5.60 Å². The van der Waals surface area contributed by atoms with E-state index in [-0.39, 0.29) is 19.1 Å². The van der Waals surface area contributed by atoms with E-state index in [2.05, 4.69) is 11.9 Å². The van der Waals surface area contributed by atoms with Crippen LogP contribution >= 0.6 is 0 Å². The van der Waals surface area contributed by atoms with Gasteiger partial charge in [-0.15, -0.1) is 6.58 Å². The number of amides is 2. The lowest BCUT2D eigenvalue weighted by atomic mass is 9.82. The number of anilines is 3. The third-order valence-electron chi connectivity index (χ3n) is 5.39. The number of carbonyl (C=O) groups excluding carboxylic acids is 2. The third-order valence-corrected chi connectivity index (χ3v) is 5.39. The average molecular weight is 421 g/mol. The number of nitrogens with one attached hydrogen (secondary N) is 1. The minimum atomic E-state index is -1.80. The molecule has 162 valence electrons. The van der Waals surface area contributed by atoms with Crippen molar-refractivity contribution in [3.05, 3.63) is 78.4 Å². The summed E-state index contributed by atoms with van der Waals surface area (Å²) >= 11 is 0. The van der Waals surface area contributed by atoms with E-state index >= 15 is 0 Å². The summed E-state index contributed by atoms with van der Waals surface area (Å²) in [5.74, 6) is -1.33. The lowest BCUT2D eigenvalue weighted by Crippen LogP contribution is -2.44. The van der Waals surface area contributed by atoms with Gasteiger partial charge in [-0.2, -0.15) is 0 Å². The zero-order valence-corrected chi connectivity index (χ0v) is 17.4. The largest absolute Gasteiger partial charge is 0.399 e. The van der Waals surface area contributed by atoms with E-state index in [1.165, 1.54) is 4.90 Å². The van der Waals surface area contributed by atoms with E-state index in [0.717, 1.165) is 0 Å². The highest BCUT2D eigenvalue weighted by molar-refractivity contribution is 6.09. The molecule has 0 aliphatic carbocycles. The Morgan fingerprint density at radius 1 is 1.29 bits per heavy atom. The highest BCUT2D eigenvalue weighted by Crippen LogP contribution is 2.46. The molecule has 2 atom stereocenters. The third kappa shape index (κ3) is 4.23. The second kappa shape index (κ2) is 9.16. The number of carbonyl (C=O) groups is 2. The molecule has 2 aromatic rings. The van der Waals surface area contributed by atoms with Crippen LogP contribution in [-0.4, -0.2) is 35.2 Å². The van der Waals surface area contributed by atoms with Crippen LogP contribution in [0.1, 0.15) is 29.3 Å². The van der Waals surface area contributed by atoms with Crippen molar-refractivity contribution >= 4 is 28.9 Å². The molecule has 2 aromatic carbocycles. The number of nitrogens with two attached hydrogens (primary N) is 1. The number of rotatable bonds is 8. The summed E-state index contributed by atoms with van der Waals surface area (Å²) in [6.07, 6.45) is 5.47. The van der Waals surface area contributed by atoms with Crippen molar-refractivity contribution in [1.82, 2.24) is 0 Å². The number of hydrogen-bond donors (Lipinski definition) is 4. The van der Waals surface area contributed by atoms with Gasteiger partial charge in [-0.3, -0.25) is 9.59 Å². The lowest BCUT2D eigenvalue weighted by Gasteiger charge is -2.27. The predicted molar refractivity (Wildman–Crippen MR) is 122 cm³/mol. The highest BCUT2D eigenvalue weighted by Gasteiger charge is 2.52. The minimum absolute atomic E-state index is 0.0178. The van der Waals surface area contributed by atoms with Gasteiger partial charge in [0.1, 0.15) is 0 Å². The Bertz CT molecular complexity index is 1020. The molecule has 0 aromatic heterocycles. The normalized spacial score (nSPS) is 18.8. The molecule has 0 radical (unpaired) electrons. The zero-order chi connectivity index (χ0) is 22.6. The number of benzene rings is 2. The van der Waals surface area contributed by atoms with E-state index in [4.69, 9.17) is 10.8 Å². The second-order valence-corrected chi connectivity index (χ2v) is 7.51. The smallest absolute Gasteiger partial charge is 0.264 e. The highest BCUT2D eigenvalue weighted by atomic mass is 16.3. The zero-order valence-electron chi connectivity index (χ0n) is 17.4. The molecular formula is C24H27N3O4. The van der Waals surface area contributed by atoms with Crippen LogP contribution < -0.4 is 16.0 Å². The molecule has 0 spiro atoms. The van der Waals surface area contributed by atoms with Crippen LogP contribution in [0.25, 0.3) is 0 Å². The lowest BCUT2D eigenvalue weighted by molar-refractivity contribution is -0.139. The van der Waals surface area contributed by atoms with Crippen LogP contribution in [0, 0.1) is 5.92 Å². The number of hydrogen-bond acceptors (Lipinski definition) is 5. The van der Waals surface area contributed by atoms with Crippen molar-refractivity contribution in [2.75, 3.05) is 29.1 Å². The van der Waals surface area contributed by atoms with Crippen LogP contribution in [0.3, 0.4) is 0 Å². The second-order valence-electron chi connectivity index (χ2n) is 7.51. The summed E-state index contributed by atoms with van der Waals surface area (Å²) in [7, 11) is 0. The topological polar surface area (TPSA) is 116 Å². The Hall–Kier alpha value is -3.42. The maximum Gasteiger partial charge on any atom is 0.264 e. The van der Waals surface area contributed by atoms with Crippen LogP contribution in [0.4, 0.5) is 17.1 Å². The molecule has 1 heterocycles. The van der Waals surface area contributed by atoms with E-state index in [0.29, 0.717) is 34.6 Å². The van der Waals surface area contributed by atoms with Crippen LogP contribution in [-0.2, 0) is 10.4 Å². The Morgan fingerprint density at radius 3 is 2.65 bits per heavy atom. The van der Waals surface area contributed by atoms with E-state index in [1.54, 1.807) is 67.6 Å². The number of nitrogens with zero attached hydrogens (tertiary/aromatic N) is 1. The van der Waals surface area contributed by atoms with Gasteiger partial charge in [0.05, 0.1) is 5.69 Å². The van der Waals surface area contributed by atoms with Gasteiger partial charge in [-0.1, -0.05) is 25.2 Å². The molecule has 7 nitrogen and oxygen atoms in total. The monoisotopic (exact) mass is 421 g/mol. The molecule has 31 heavy (non-hydrogen) atoms. The minimum Gasteiger partial charge on any atom is -0.399 e. The number of aliphatic hydroxyl groups is 2. The molecule has 0 unspecified atom stereocenters. The first-order chi connectivity index (χ1) is 14.8. The first-order valence-electron chi connectivity index (χ1n) is 10.1. The first kappa shape index (κ1) is 22.3. The van der Waals surface area contributed by atoms with Gasteiger partial charge in [0.25, 0.3) is 11.8 Å². The summed E-state index contributed by atoms with van der Waals surface area (Å²) in [5, 5.41) is 23.3. The molecule has 0 fully saturated rings. The molecular weight excluding hydrogens is 394 g/mol. The van der Waals surface area contributed by atoms with Crippen LogP contribution in [0.2, 0.25) is 0 Å². The molecule has 0 bridgehead atoms. The van der Waals surface area contributed by atoms with Crippen molar-refractivity contribution in [2.45, 2.75) is 18.9 Å². The summed E-state index contributed by atoms with van der Waals surface area (Å²) in [4.78, 5) is 27.2. The van der Waals surface area contributed by atoms with Gasteiger partial charge < -0.3 is 26.2 Å². The fourth-order valence-electron chi connectivity index (χ4n) is 3.69. The Kier molecular flexibility index (Phi) is 6.58. The van der Waals surface area contributed by atoms with Crippen molar-refractivity contribution in [1.29, 1.82) is 0 Å². The fourth-order valence-corrected chi connectivity index (χ4v) is 3.69. The Labute approximate surface area is 181 Å². The average Bonchev–Trinajstić information content (AvgIpc) is 2.97. The summed E-state index contributed by atoms with van der Waals surface area (Å²) < 4.78 is 0. The van der Waals surface area contributed by atoms with Crippen molar-refractivity contribution in [2.24, 2.45) is 5.92 Å². The maximum absolute atomic E-state index is 13.2. The van der Waals surface area contributed by atoms with Gasteiger partial charge >= 0.3 is 0 Å². The number of fused-ring (bicyclic) bond motifs is 1. The number of nitrogen functional groups attached to an aromatic ring is 1. The maximum atomic E-state index is 13.2. The van der Waals surface area contributed by atoms with Crippen LogP contribution in [0.5, 0.6) is 0 Å². The van der Waals surface area contributed by atoms with Crippen molar-refractivity contribution in [3.8, 4) is 0 Å². The quantitative estimate of drug-likeness (QED) is 0.386. The first-order valence-corrected chi connectivity index (χ1v) is 10.1. The van der Waals surface area contributed by atoms with Crippen molar-refractivity contribution in [3.63, 3.8) is 0 Å². The van der Waals surface area contributed by atoms with Gasteiger partial charge in [0, 0.05) is 41.6 Å². The fraction of sp³-hybridized carbons (Fsp3) is 0.250. The Balaban J connectivity index is 1.97. The molecule has 1 aliphatic heterocycles. The molecule has 3 rings (SSSR count). The van der Waals surface area contributed by atoms with Crippen LogP contribution in [0.15, 0.2) is 67.3 Å². The summed E-state index contributed by atoms with van der Waals surface area (Å²) in [6.45, 7) is 5.67. The summed E-state index contributed by atoms with van der Waals surface area (Å²) in [5.41, 5.74) is 6.31. The van der Waals surface area contributed by atoms with Gasteiger partial charge in [0.2, 0.25) is 0 Å². The van der Waals surface area contributed by atoms with E-state index in [1.807, 2.05) is 0 Å². The summed E-state index contributed by atoms with van der Waals surface area (Å²) in [6, 6.07) is 11.6. The molecule has 0 saturated heterocycles. The molecule has 1 aliphatic rings. The molecule has 5 N–H and O–H groups in total.